The number of carbonyl (C=O) groups excluding carboxylic acids is 1. The smallest absolute Gasteiger partial charge is 0.254 e. The van der Waals surface area contributed by atoms with Crippen molar-refractivity contribution in [3.05, 3.63) is 29.8 Å². The third-order valence-corrected chi connectivity index (χ3v) is 3.48. The van der Waals surface area contributed by atoms with Gasteiger partial charge >= 0.3 is 0 Å². The quantitative estimate of drug-likeness (QED) is 0.804. The molecule has 0 N–H and O–H groups in total. The van der Waals surface area contributed by atoms with Crippen LogP contribution >= 0.6 is 0 Å². The topological polar surface area (TPSA) is 38.8 Å². The number of hydrogen-bond donors (Lipinski definition) is 0. The van der Waals surface area contributed by atoms with Gasteiger partial charge in [-0.15, -0.1) is 0 Å². The Hall–Kier alpha value is -1.55. The molecule has 0 spiro atoms. The highest BCUT2D eigenvalue weighted by molar-refractivity contribution is 5.94. The molecule has 1 fully saturated rings. The Labute approximate surface area is 107 Å². The maximum atomic E-state index is 12.4. The molecule has 1 aromatic carbocycles. The second-order valence-corrected chi connectivity index (χ2v) is 4.54. The molecule has 2 rings (SSSR count). The van der Waals surface area contributed by atoms with Crippen LogP contribution in [0.4, 0.5) is 0 Å². The summed E-state index contributed by atoms with van der Waals surface area (Å²) in [5, 5.41) is 0. The van der Waals surface area contributed by atoms with Crippen LogP contribution in [-0.4, -0.2) is 43.2 Å². The molecule has 0 bridgehead atoms. The van der Waals surface area contributed by atoms with Crippen molar-refractivity contribution in [2.45, 2.75) is 26.0 Å². The summed E-state index contributed by atoms with van der Waals surface area (Å²) in [4.78, 5) is 14.3. The first-order valence-electron chi connectivity index (χ1n) is 6.20. The van der Waals surface area contributed by atoms with Gasteiger partial charge in [-0.2, -0.15) is 0 Å². The highest BCUT2D eigenvalue weighted by atomic mass is 16.5. The van der Waals surface area contributed by atoms with Crippen molar-refractivity contribution in [1.29, 1.82) is 0 Å². The monoisotopic (exact) mass is 249 g/mol. The molecule has 1 aliphatic heterocycles. The first-order chi connectivity index (χ1) is 8.63. The van der Waals surface area contributed by atoms with Gasteiger partial charge in [-0.1, -0.05) is 0 Å². The molecule has 4 heteroatoms. The molecular weight excluding hydrogens is 230 g/mol. The predicted octanol–water partition coefficient (Wildman–Crippen LogP) is 1.94. The molecule has 1 amide bonds. The Bertz CT molecular complexity index is 416. The summed E-state index contributed by atoms with van der Waals surface area (Å²) < 4.78 is 10.6. The Morgan fingerprint density at radius 2 is 2.00 bits per heavy atom. The van der Waals surface area contributed by atoms with E-state index < -0.39 is 0 Å². The number of rotatable bonds is 2. The molecule has 0 radical (unpaired) electrons. The molecule has 0 saturated carbocycles. The molecular formula is C14H19NO3. The lowest BCUT2D eigenvalue weighted by atomic mass is 10.1. The molecule has 0 aromatic heterocycles. The molecule has 1 aromatic rings. The average molecular weight is 249 g/mol. The van der Waals surface area contributed by atoms with Crippen LogP contribution < -0.4 is 4.74 Å². The largest absolute Gasteiger partial charge is 0.497 e. The third-order valence-electron chi connectivity index (χ3n) is 3.48. The third kappa shape index (κ3) is 2.48. The molecule has 1 aliphatic rings. The minimum atomic E-state index is 0.0558. The van der Waals surface area contributed by atoms with Gasteiger partial charge in [0.05, 0.1) is 25.9 Å². The van der Waals surface area contributed by atoms with Crippen molar-refractivity contribution in [2.24, 2.45) is 0 Å². The normalized spacial score (nSPS) is 23.8. The van der Waals surface area contributed by atoms with Gasteiger partial charge in [0.1, 0.15) is 5.75 Å². The first-order valence-corrected chi connectivity index (χ1v) is 6.20. The second kappa shape index (κ2) is 5.40. The van der Waals surface area contributed by atoms with Gasteiger partial charge in [-0.3, -0.25) is 4.79 Å². The van der Waals surface area contributed by atoms with E-state index >= 15 is 0 Å². The lowest BCUT2D eigenvalue weighted by Crippen LogP contribution is -2.51. The van der Waals surface area contributed by atoms with E-state index in [0.717, 1.165) is 5.75 Å². The molecule has 18 heavy (non-hydrogen) atoms. The molecule has 0 aliphatic carbocycles. The Morgan fingerprint density at radius 3 is 2.61 bits per heavy atom. The van der Waals surface area contributed by atoms with E-state index in [9.17, 15) is 4.79 Å². The lowest BCUT2D eigenvalue weighted by Gasteiger charge is -2.37. The molecule has 2 unspecified atom stereocenters. The molecule has 98 valence electrons. The summed E-state index contributed by atoms with van der Waals surface area (Å²) in [7, 11) is 1.61. The zero-order valence-electron chi connectivity index (χ0n) is 11.1. The average Bonchev–Trinajstić information content (AvgIpc) is 2.41. The van der Waals surface area contributed by atoms with Crippen LogP contribution in [0.2, 0.25) is 0 Å². The summed E-state index contributed by atoms with van der Waals surface area (Å²) in [5.74, 6) is 0.815. The summed E-state index contributed by atoms with van der Waals surface area (Å²) in [6.45, 7) is 5.27. The number of nitrogens with zero attached hydrogens (tertiary/aromatic N) is 1. The Balaban J connectivity index is 2.14. The zero-order valence-corrected chi connectivity index (χ0v) is 11.1. The van der Waals surface area contributed by atoms with E-state index in [4.69, 9.17) is 9.47 Å². The van der Waals surface area contributed by atoms with Crippen molar-refractivity contribution < 1.29 is 14.3 Å². The highest BCUT2D eigenvalue weighted by Gasteiger charge is 2.29. The number of methoxy groups -OCH3 is 1. The van der Waals surface area contributed by atoms with Crippen LogP contribution in [-0.2, 0) is 4.74 Å². The number of ether oxygens (including phenoxy) is 2. The fourth-order valence-electron chi connectivity index (χ4n) is 2.12. The fourth-order valence-corrected chi connectivity index (χ4v) is 2.12. The van der Waals surface area contributed by atoms with Gasteiger partial charge in [-0.05, 0) is 38.1 Å². The van der Waals surface area contributed by atoms with Crippen molar-refractivity contribution in [3.8, 4) is 5.75 Å². The van der Waals surface area contributed by atoms with Gasteiger partial charge in [0.15, 0.2) is 0 Å². The summed E-state index contributed by atoms with van der Waals surface area (Å²) >= 11 is 0. The zero-order chi connectivity index (χ0) is 13.1. The van der Waals surface area contributed by atoms with E-state index in [-0.39, 0.29) is 18.1 Å². The van der Waals surface area contributed by atoms with Crippen LogP contribution in [0, 0.1) is 0 Å². The molecule has 1 heterocycles. The predicted molar refractivity (Wildman–Crippen MR) is 68.9 cm³/mol. The van der Waals surface area contributed by atoms with E-state index in [2.05, 4.69) is 0 Å². The van der Waals surface area contributed by atoms with E-state index in [1.54, 1.807) is 19.2 Å². The summed E-state index contributed by atoms with van der Waals surface area (Å²) in [6, 6.07) is 7.32. The van der Waals surface area contributed by atoms with Crippen LogP contribution in [0.5, 0.6) is 5.75 Å². The van der Waals surface area contributed by atoms with Crippen LogP contribution in [0.3, 0.4) is 0 Å². The molecule has 2 atom stereocenters. The first kappa shape index (κ1) is 12.9. The maximum Gasteiger partial charge on any atom is 0.254 e. The number of carbonyl (C=O) groups is 1. The van der Waals surface area contributed by atoms with Crippen molar-refractivity contribution in [1.82, 2.24) is 4.90 Å². The van der Waals surface area contributed by atoms with Crippen molar-refractivity contribution in [3.63, 3.8) is 0 Å². The number of morpholine rings is 1. The SMILES string of the molecule is COc1ccc(C(=O)N2CCOC(C)C2C)cc1. The second-order valence-electron chi connectivity index (χ2n) is 4.54. The van der Waals surface area contributed by atoms with Crippen molar-refractivity contribution in [2.75, 3.05) is 20.3 Å². The van der Waals surface area contributed by atoms with Gasteiger partial charge in [0.2, 0.25) is 0 Å². The minimum Gasteiger partial charge on any atom is -0.497 e. The number of amides is 1. The van der Waals surface area contributed by atoms with E-state index in [0.29, 0.717) is 18.7 Å². The fraction of sp³-hybridized carbons (Fsp3) is 0.500. The van der Waals surface area contributed by atoms with Crippen LogP contribution in [0.25, 0.3) is 0 Å². The van der Waals surface area contributed by atoms with Gasteiger partial charge in [0.25, 0.3) is 5.91 Å². The number of benzene rings is 1. The maximum absolute atomic E-state index is 12.4. The molecule has 4 nitrogen and oxygen atoms in total. The Morgan fingerprint density at radius 1 is 1.33 bits per heavy atom. The van der Waals surface area contributed by atoms with Crippen LogP contribution in [0.15, 0.2) is 24.3 Å². The van der Waals surface area contributed by atoms with Crippen LogP contribution in [0.1, 0.15) is 24.2 Å². The van der Waals surface area contributed by atoms with Gasteiger partial charge < -0.3 is 14.4 Å². The van der Waals surface area contributed by atoms with Gasteiger partial charge in [0, 0.05) is 12.1 Å². The number of hydrogen-bond acceptors (Lipinski definition) is 3. The highest BCUT2D eigenvalue weighted by Crippen LogP contribution is 2.18. The van der Waals surface area contributed by atoms with E-state index in [1.165, 1.54) is 0 Å². The standard InChI is InChI=1S/C14H19NO3/c1-10-11(2)18-9-8-15(10)14(16)12-4-6-13(17-3)7-5-12/h4-7,10-11H,8-9H2,1-3H3. The summed E-state index contributed by atoms with van der Waals surface area (Å²) in [5.41, 5.74) is 0.691. The minimum absolute atomic E-state index is 0.0558. The Kier molecular flexibility index (Phi) is 3.87. The summed E-state index contributed by atoms with van der Waals surface area (Å²) in [6.07, 6.45) is 0.0842. The van der Waals surface area contributed by atoms with E-state index in [1.807, 2.05) is 30.9 Å². The lowest BCUT2D eigenvalue weighted by molar-refractivity contribution is -0.0440. The van der Waals surface area contributed by atoms with Crippen molar-refractivity contribution >= 4 is 5.91 Å². The molecule has 1 saturated heterocycles. The van der Waals surface area contributed by atoms with Gasteiger partial charge in [-0.25, -0.2) is 0 Å².